The van der Waals surface area contributed by atoms with Gasteiger partial charge in [0, 0.05) is 12.5 Å². The van der Waals surface area contributed by atoms with Gasteiger partial charge < -0.3 is 6.41 Å². The van der Waals surface area contributed by atoms with Crippen LogP contribution in [0.15, 0.2) is 42.5 Å². The van der Waals surface area contributed by atoms with Crippen molar-refractivity contribution in [2.75, 3.05) is 0 Å². The summed E-state index contributed by atoms with van der Waals surface area (Å²) in [5, 5.41) is 5.04. The topological polar surface area (TPSA) is 46.5 Å². The number of aromatic amines is 1. The van der Waals surface area contributed by atoms with Crippen molar-refractivity contribution in [2.45, 2.75) is 32.4 Å². The summed E-state index contributed by atoms with van der Waals surface area (Å²) in [6.07, 6.45) is -4.43. The van der Waals surface area contributed by atoms with Crippen molar-refractivity contribution in [1.82, 2.24) is 19.7 Å². The Morgan fingerprint density at radius 3 is 2.35 bits per heavy atom. The molecule has 31 heavy (non-hydrogen) atoms. The van der Waals surface area contributed by atoms with Crippen LogP contribution >= 0.6 is 11.6 Å². The zero-order valence-electron chi connectivity index (χ0n) is 18.9. The van der Waals surface area contributed by atoms with E-state index in [1.54, 1.807) is 36.0 Å². The van der Waals surface area contributed by atoms with Gasteiger partial charge in [0.2, 0.25) is 0 Å². The molecule has 2 aromatic carbocycles. The summed E-state index contributed by atoms with van der Waals surface area (Å²) < 4.78 is 41.9. The summed E-state index contributed by atoms with van der Waals surface area (Å²) in [5.74, 6) is 0.516. The second-order valence-electron chi connectivity index (χ2n) is 8.25. The number of H-pyrrole nitrogens is 1. The van der Waals surface area contributed by atoms with Gasteiger partial charge in [0.15, 0.2) is 5.82 Å². The predicted octanol–water partition coefficient (Wildman–Crippen LogP) is 3.72. The van der Waals surface area contributed by atoms with Crippen molar-refractivity contribution in [2.24, 2.45) is 7.05 Å². The maximum atomic E-state index is 13.4. The normalized spacial score (nSPS) is 12.3. The molecule has 0 radical (unpaired) electrons. The summed E-state index contributed by atoms with van der Waals surface area (Å²) in [7, 11) is 1.79. The van der Waals surface area contributed by atoms with Crippen molar-refractivity contribution in [3.63, 3.8) is 0 Å². The second kappa shape index (κ2) is 8.28. The number of halogens is 4. The van der Waals surface area contributed by atoms with Gasteiger partial charge in [-0.1, -0.05) is 56.6 Å². The van der Waals surface area contributed by atoms with Gasteiger partial charge in [-0.3, -0.25) is 4.68 Å². The maximum absolute atomic E-state index is 13.4. The van der Waals surface area contributed by atoms with Crippen LogP contribution in [0.3, 0.4) is 0 Å². The van der Waals surface area contributed by atoms with E-state index in [-0.39, 0.29) is 42.0 Å². The van der Waals surface area contributed by atoms with E-state index in [1.165, 1.54) is 12.1 Å². The molecule has 0 aliphatic heterocycles. The first-order chi connectivity index (χ1) is 14.0. The van der Waals surface area contributed by atoms with Crippen LogP contribution < -0.4 is 29.6 Å². The average molecular weight is 457 g/mol. The molecule has 2 heterocycles. The number of alkyl halides is 3. The number of nitrogens with one attached hydrogen (secondary N) is 1. The van der Waals surface area contributed by atoms with Crippen molar-refractivity contribution in [3.8, 4) is 22.6 Å². The molecular formula is C22H21ClF3N4Na. The smallest absolute Gasteiger partial charge is 1.00 e. The Balaban J connectivity index is 0.00000181. The van der Waals surface area contributed by atoms with Gasteiger partial charge in [0.1, 0.15) is 5.69 Å². The molecule has 0 saturated carbocycles. The van der Waals surface area contributed by atoms with Crippen LogP contribution in [0.4, 0.5) is 13.2 Å². The number of nitrogens with zero attached hydrogens (tertiary/aromatic N) is 3. The van der Waals surface area contributed by atoms with E-state index in [0.717, 1.165) is 11.8 Å². The van der Waals surface area contributed by atoms with Crippen molar-refractivity contribution in [3.05, 3.63) is 58.7 Å². The molecule has 0 amide bonds. The molecule has 0 aliphatic carbocycles. The van der Waals surface area contributed by atoms with Gasteiger partial charge in [0.05, 0.1) is 27.3 Å². The van der Waals surface area contributed by atoms with E-state index >= 15 is 0 Å². The predicted molar refractivity (Wildman–Crippen MR) is 114 cm³/mol. The Morgan fingerprint density at radius 1 is 1.06 bits per heavy atom. The minimum atomic E-state index is -4.43. The summed E-state index contributed by atoms with van der Waals surface area (Å²) in [4.78, 5) is 7.77. The van der Waals surface area contributed by atoms with Crippen LogP contribution in [-0.4, -0.2) is 19.7 Å². The molecule has 0 saturated heterocycles. The summed E-state index contributed by atoms with van der Waals surface area (Å²) in [6, 6.07) is 10.5. The molecule has 0 atom stereocenters. The molecule has 0 bridgehead atoms. The SMILES string of the molecule is Cn1nc(C(C)(C)C)c(Cl)c1-c1nc2ccc(-c3ccccc3C(F)(F)F)cc2[nH]1.[H-].[Na+]. The van der Waals surface area contributed by atoms with Gasteiger partial charge in [-0.05, 0) is 29.3 Å². The third-order valence-electron chi connectivity index (χ3n) is 4.95. The zero-order chi connectivity index (χ0) is 21.8. The van der Waals surface area contributed by atoms with E-state index in [9.17, 15) is 13.2 Å². The third kappa shape index (κ3) is 4.42. The molecule has 0 spiro atoms. The van der Waals surface area contributed by atoms with Crippen LogP contribution in [0.2, 0.25) is 5.02 Å². The molecule has 0 unspecified atom stereocenters. The fraction of sp³-hybridized carbons (Fsp3) is 0.273. The van der Waals surface area contributed by atoms with Crippen molar-refractivity contribution < 1.29 is 44.2 Å². The van der Waals surface area contributed by atoms with E-state index in [2.05, 4.69) is 15.1 Å². The largest absolute Gasteiger partial charge is 1.00 e. The molecular weight excluding hydrogens is 436 g/mol. The number of aromatic nitrogens is 4. The molecule has 0 fully saturated rings. The fourth-order valence-electron chi connectivity index (χ4n) is 3.51. The number of aryl methyl sites for hydroxylation is 1. The van der Waals surface area contributed by atoms with Gasteiger partial charge >= 0.3 is 35.7 Å². The molecule has 4 aromatic rings. The third-order valence-corrected chi connectivity index (χ3v) is 5.31. The molecule has 2 aromatic heterocycles. The van der Waals surface area contributed by atoms with Gasteiger partial charge in [-0.2, -0.15) is 18.3 Å². The maximum Gasteiger partial charge on any atom is 1.00 e. The van der Waals surface area contributed by atoms with Crippen LogP contribution in [0, 0.1) is 0 Å². The fourth-order valence-corrected chi connectivity index (χ4v) is 4.04. The van der Waals surface area contributed by atoms with Crippen LogP contribution in [0.5, 0.6) is 0 Å². The minimum absolute atomic E-state index is 0. The Bertz CT molecular complexity index is 1260. The number of hydrogen-bond acceptors (Lipinski definition) is 2. The molecule has 1 N–H and O–H groups in total. The monoisotopic (exact) mass is 456 g/mol. The summed E-state index contributed by atoms with van der Waals surface area (Å²) in [5.41, 5.74) is 2.30. The van der Waals surface area contributed by atoms with Crippen LogP contribution in [-0.2, 0) is 18.6 Å². The van der Waals surface area contributed by atoms with Gasteiger partial charge in [-0.25, -0.2) is 4.98 Å². The molecule has 158 valence electrons. The second-order valence-corrected chi connectivity index (χ2v) is 8.62. The van der Waals surface area contributed by atoms with E-state index in [0.29, 0.717) is 33.1 Å². The number of imidazole rings is 1. The van der Waals surface area contributed by atoms with Gasteiger partial charge in [0.25, 0.3) is 0 Å². The van der Waals surface area contributed by atoms with Crippen molar-refractivity contribution in [1.29, 1.82) is 0 Å². The van der Waals surface area contributed by atoms with E-state index in [4.69, 9.17) is 11.6 Å². The first-order valence-corrected chi connectivity index (χ1v) is 9.74. The molecule has 0 aliphatic rings. The number of fused-ring (bicyclic) bond motifs is 1. The Kier molecular flexibility index (Phi) is 6.37. The Hall–Kier alpha value is -1.80. The summed E-state index contributed by atoms with van der Waals surface area (Å²) >= 11 is 6.61. The number of benzene rings is 2. The molecule has 9 heteroatoms. The van der Waals surface area contributed by atoms with Crippen LogP contribution in [0.25, 0.3) is 33.7 Å². The first-order valence-electron chi connectivity index (χ1n) is 9.36. The van der Waals surface area contributed by atoms with Crippen LogP contribution in [0.1, 0.15) is 33.5 Å². The molecule has 4 rings (SSSR count). The molecule has 4 nitrogen and oxygen atoms in total. The standard InChI is InChI=1S/C22H20ClF3N4.Na.H/c1-21(2,3)19-17(23)18(30(4)29-19)20-27-15-10-9-12(11-16(15)28-20)13-7-5-6-8-14(13)22(24,25)26;;/h5-11H,1-4H3,(H,27,28);;/q;+1;-1. The van der Waals surface area contributed by atoms with E-state index in [1.807, 2.05) is 20.8 Å². The first kappa shape index (κ1) is 23.9. The summed E-state index contributed by atoms with van der Waals surface area (Å²) in [6.45, 7) is 6.07. The zero-order valence-corrected chi connectivity index (χ0v) is 20.7. The number of rotatable bonds is 2. The van der Waals surface area contributed by atoms with Gasteiger partial charge in [-0.15, -0.1) is 0 Å². The quantitative estimate of drug-likeness (QED) is 0.467. The van der Waals surface area contributed by atoms with Crippen molar-refractivity contribution >= 4 is 22.6 Å². The average Bonchev–Trinajstić information content (AvgIpc) is 3.20. The number of hydrogen-bond donors (Lipinski definition) is 1. The Labute approximate surface area is 206 Å². The minimum Gasteiger partial charge on any atom is -1.00 e. The van der Waals surface area contributed by atoms with E-state index < -0.39 is 11.7 Å². The Morgan fingerprint density at radius 2 is 1.74 bits per heavy atom.